The topological polar surface area (TPSA) is 55.2 Å². The molecule has 4 nitrogen and oxygen atoms in total. The number of nitrogens with one attached hydrogen (secondary N) is 1. The number of nitrogens with zero attached hydrogens (tertiary/aromatic N) is 1. The first-order valence-electron chi connectivity index (χ1n) is 4.98. The summed E-state index contributed by atoms with van der Waals surface area (Å²) in [7, 11) is 0. The van der Waals surface area contributed by atoms with Crippen LogP contribution in [0.15, 0.2) is 34.8 Å². The molecule has 0 spiro atoms. The highest BCUT2D eigenvalue weighted by Crippen LogP contribution is 2.28. The fourth-order valence-corrected chi connectivity index (χ4v) is 2.68. The predicted octanol–water partition coefficient (Wildman–Crippen LogP) is 4.68. The highest BCUT2D eigenvalue weighted by atomic mass is 79.9. The lowest BCUT2D eigenvalue weighted by atomic mass is 10.3. The maximum absolute atomic E-state index is 10.6. The van der Waals surface area contributed by atoms with Crippen LogP contribution in [0.5, 0.6) is 0 Å². The van der Waals surface area contributed by atoms with Crippen LogP contribution in [0.4, 0.5) is 10.7 Å². The summed E-state index contributed by atoms with van der Waals surface area (Å²) in [6.07, 6.45) is 0. The Morgan fingerprint density at radius 2 is 2.17 bits per heavy atom. The molecule has 0 radical (unpaired) electrons. The lowest BCUT2D eigenvalue weighted by molar-refractivity contribution is -0.380. The van der Waals surface area contributed by atoms with E-state index in [1.807, 2.05) is 12.1 Å². The molecule has 94 valence electrons. The van der Waals surface area contributed by atoms with E-state index < -0.39 is 0 Å². The molecule has 0 amide bonds. The van der Waals surface area contributed by atoms with Crippen molar-refractivity contribution in [1.29, 1.82) is 0 Å². The first kappa shape index (κ1) is 13.3. The second kappa shape index (κ2) is 5.69. The summed E-state index contributed by atoms with van der Waals surface area (Å²) in [6, 6.07) is 8.74. The Balaban J connectivity index is 2.06. The number of hydrogen-bond donors (Lipinski definition) is 1. The van der Waals surface area contributed by atoms with Crippen molar-refractivity contribution in [2.75, 3.05) is 5.32 Å². The standard InChI is InChI=1S/C11H8BrClN2O2S/c12-7-1-3-9(13)10(5-7)14-6-8-2-4-11(18-8)15(16)17/h1-5,14H,6H2. The number of rotatable bonds is 4. The van der Waals surface area contributed by atoms with Gasteiger partial charge < -0.3 is 5.32 Å². The van der Waals surface area contributed by atoms with Crippen molar-refractivity contribution >= 4 is 49.6 Å². The van der Waals surface area contributed by atoms with Crippen molar-refractivity contribution in [2.45, 2.75) is 6.54 Å². The summed E-state index contributed by atoms with van der Waals surface area (Å²) in [6.45, 7) is 0.509. The van der Waals surface area contributed by atoms with Gasteiger partial charge in [-0.05, 0) is 24.3 Å². The van der Waals surface area contributed by atoms with Gasteiger partial charge in [0.1, 0.15) is 0 Å². The average Bonchev–Trinajstić information content (AvgIpc) is 2.79. The lowest BCUT2D eigenvalue weighted by Gasteiger charge is -2.07. The number of halogens is 2. The van der Waals surface area contributed by atoms with E-state index >= 15 is 0 Å². The second-order valence-corrected chi connectivity index (χ2v) is 5.94. The Kier molecular flexibility index (Phi) is 4.21. The minimum absolute atomic E-state index is 0.145. The van der Waals surface area contributed by atoms with E-state index in [4.69, 9.17) is 11.6 Å². The maximum atomic E-state index is 10.6. The van der Waals surface area contributed by atoms with Gasteiger partial charge in [0, 0.05) is 22.0 Å². The maximum Gasteiger partial charge on any atom is 0.324 e. The van der Waals surface area contributed by atoms with Gasteiger partial charge in [0.05, 0.1) is 15.6 Å². The Bertz CT molecular complexity index is 588. The van der Waals surface area contributed by atoms with Crippen LogP contribution in [0.2, 0.25) is 5.02 Å². The molecule has 1 N–H and O–H groups in total. The molecule has 0 bridgehead atoms. The van der Waals surface area contributed by atoms with E-state index in [0.717, 1.165) is 26.4 Å². The molecule has 0 aliphatic heterocycles. The van der Waals surface area contributed by atoms with Crippen molar-refractivity contribution in [3.63, 3.8) is 0 Å². The first-order valence-corrected chi connectivity index (χ1v) is 6.97. The Labute approximate surface area is 121 Å². The fraction of sp³-hybridized carbons (Fsp3) is 0.0909. The molecule has 0 saturated carbocycles. The van der Waals surface area contributed by atoms with E-state index in [9.17, 15) is 10.1 Å². The quantitative estimate of drug-likeness (QED) is 0.645. The Morgan fingerprint density at radius 3 is 2.83 bits per heavy atom. The minimum atomic E-state index is -0.389. The number of thiophene rings is 1. The van der Waals surface area contributed by atoms with Crippen LogP contribution in [0.1, 0.15) is 4.88 Å². The molecule has 18 heavy (non-hydrogen) atoms. The summed E-state index contributed by atoms with van der Waals surface area (Å²) in [5.74, 6) is 0. The van der Waals surface area contributed by atoms with E-state index in [-0.39, 0.29) is 9.92 Å². The molecular weight excluding hydrogens is 340 g/mol. The number of nitro groups is 1. The van der Waals surface area contributed by atoms with Gasteiger partial charge in [0.25, 0.3) is 0 Å². The molecular formula is C11H8BrClN2O2S. The second-order valence-electron chi connectivity index (χ2n) is 3.47. The van der Waals surface area contributed by atoms with E-state index in [1.54, 1.807) is 12.1 Å². The van der Waals surface area contributed by atoms with Crippen molar-refractivity contribution in [3.05, 3.63) is 54.8 Å². The van der Waals surface area contributed by atoms with Crippen LogP contribution in [0, 0.1) is 10.1 Å². The van der Waals surface area contributed by atoms with Crippen molar-refractivity contribution < 1.29 is 4.92 Å². The van der Waals surface area contributed by atoms with Gasteiger partial charge in [-0.3, -0.25) is 10.1 Å². The van der Waals surface area contributed by atoms with Crippen molar-refractivity contribution in [3.8, 4) is 0 Å². The summed E-state index contributed by atoms with van der Waals surface area (Å²) >= 11 is 10.5. The monoisotopic (exact) mass is 346 g/mol. The summed E-state index contributed by atoms with van der Waals surface area (Å²) in [5.41, 5.74) is 0.794. The van der Waals surface area contributed by atoms with Gasteiger partial charge in [-0.2, -0.15) is 0 Å². The SMILES string of the molecule is O=[N+]([O-])c1ccc(CNc2cc(Br)ccc2Cl)s1. The molecule has 2 aromatic rings. The van der Waals surface area contributed by atoms with Crippen LogP contribution in [0.3, 0.4) is 0 Å². The first-order chi connectivity index (χ1) is 8.56. The Morgan fingerprint density at radius 1 is 1.39 bits per heavy atom. The van der Waals surface area contributed by atoms with Gasteiger partial charge in [-0.15, -0.1) is 0 Å². The summed E-state index contributed by atoms with van der Waals surface area (Å²) < 4.78 is 0.923. The van der Waals surface area contributed by atoms with Crippen LogP contribution in [0.25, 0.3) is 0 Å². The molecule has 0 aliphatic carbocycles. The Hall–Kier alpha value is -1.11. The molecule has 2 rings (SSSR count). The molecule has 0 fully saturated rings. The van der Waals surface area contributed by atoms with E-state index in [1.165, 1.54) is 6.07 Å². The fourth-order valence-electron chi connectivity index (χ4n) is 1.38. The highest BCUT2D eigenvalue weighted by Gasteiger charge is 2.09. The third-order valence-electron chi connectivity index (χ3n) is 2.21. The van der Waals surface area contributed by atoms with Crippen molar-refractivity contribution in [1.82, 2.24) is 0 Å². The van der Waals surface area contributed by atoms with Gasteiger partial charge in [-0.1, -0.05) is 38.9 Å². The van der Waals surface area contributed by atoms with Crippen LogP contribution < -0.4 is 5.32 Å². The molecule has 1 heterocycles. The molecule has 0 aliphatic rings. The minimum Gasteiger partial charge on any atom is -0.379 e. The van der Waals surface area contributed by atoms with Crippen molar-refractivity contribution in [2.24, 2.45) is 0 Å². The van der Waals surface area contributed by atoms with Gasteiger partial charge in [-0.25, -0.2) is 0 Å². The number of anilines is 1. The molecule has 0 unspecified atom stereocenters. The number of hydrogen-bond acceptors (Lipinski definition) is 4. The molecule has 1 aromatic carbocycles. The van der Waals surface area contributed by atoms with Gasteiger partial charge in [0.15, 0.2) is 0 Å². The molecule has 1 aromatic heterocycles. The van der Waals surface area contributed by atoms with Crippen LogP contribution >= 0.6 is 38.9 Å². The zero-order chi connectivity index (χ0) is 13.1. The largest absolute Gasteiger partial charge is 0.379 e. The molecule has 7 heteroatoms. The van der Waals surface area contributed by atoms with Crippen LogP contribution in [-0.2, 0) is 6.54 Å². The van der Waals surface area contributed by atoms with Gasteiger partial charge in [0.2, 0.25) is 0 Å². The van der Waals surface area contributed by atoms with Crippen LogP contribution in [-0.4, -0.2) is 4.92 Å². The lowest BCUT2D eigenvalue weighted by Crippen LogP contribution is -1.97. The van der Waals surface area contributed by atoms with Gasteiger partial charge >= 0.3 is 5.00 Å². The third kappa shape index (κ3) is 3.22. The molecule has 0 atom stereocenters. The highest BCUT2D eigenvalue weighted by molar-refractivity contribution is 9.10. The number of benzene rings is 1. The third-order valence-corrected chi connectivity index (χ3v) is 4.07. The zero-order valence-corrected chi connectivity index (χ0v) is 12.2. The summed E-state index contributed by atoms with van der Waals surface area (Å²) in [5, 5.41) is 14.5. The molecule has 0 saturated heterocycles. The predicted molar refractivity (Wildman–Crippen MR) is 77.5 cm³/mol. The zero-order valence-electron chi connectivity index (χ0n) is 9.02. The van der Waals surface area contributed by atoms with E-state index in [2.05, 4.69) is 21.2 Å². The normalized spacial score (nSPS) is 10.3. The smallest absolute Gasteiger partial charge is 0.324 e. The van der Waals surface area contributed by atoms with E-state index in [0.29, 0.717) is 11.6 Å². The average molecular weight is 348 g/mol. The summed E-state index contributed by atoms with van der Waals surface area (Å²) in [4.78, 5) is 11.1.